The molecule has 7 nitrogen and oxygen atoms in total. The Labute approximate surface area is 104 Å². The molecule has 3 N–H and O–H groups in total. The smallest absolute Gasteiger partial charge is 0.337 e. The molecule has 0 aliphatic heterocycles. The highest BCUT2D eigenvalue weighted by Gasteiger charge is 2.25. The van der Waals surface area contributed by atoms with Gasteiger partial charge in [-0.2, -0.15) is 8.42 Å². The fourth-order valence-corrected chi connectivity index (χ4v) is 2.84. The summed E-state index contributed by atoms with van der Waals surface area (Å²) in [5.74, 6) is -3.15. The second-order valence-electron chi connectivity index (χ2n) is 2.89. The number of hydrogen-bond acceptors (Lipinski definition) is 4. The van der Waals surface area contributed by atoms with Crippen molar-refractivity contribution in [2.24, 2.45) is 0 Å². The molecule has 1 aromatic carbocycles. The highest BCUT2D eigenvalue weighted by molar-refractivity contribution is 9.10. The lowest BCUT2D eigenvalue weighted by Gasteiger charge is -2.07. The zero-order valence-corrected chi connectivity index (χ0v) is 10.3. The molecule has 1 rings (SSSR count). The van der Waals surface area contributed by atoms with E-state index in [0.717, 1.165) is 12.1 Å². The molecule has 17 heavy (non-hydrogen) atoms. The van der Waals surface area contributed by atoms with E-state index in [2.05, 4.69) is 15.9 Å². The SMILES string of the molecule is O=C(O)c1ccc(S(=O)(=O)O)c(Br)c1C(=O)O. The molecule has 0 aliphatic carbocycles. The Bertz CT molecular complexity index is 605. The van der Waals surface area contributed by atoms with Crippen molar-refractivity contribution in [2.75, 3.05) is 0 Å². The maximum absolute atomic E-state index is 10.9. The molecule has 0 unspecified atom stereocenters. The van der Waals surface area contributed by atoms with Gasteiger partial charge in [0.1, 0.15) is 4.90 Å². The van der Waals surface area contributed by atoms with Crippen molar-refractivity contribution in [1.29, 1.82) is 0 Å². The van der Waals surface area contributed by atoms with Gasteiger partial charge in [-0.3, -0.25) is 4.55 Å². The lowest BCUT2D eigenvalue weighted by molar-refractivity contribution is 0.0650. The van der Waals surface area contributed by atoms with E-state index >= 15 is 0 Å². The summed E-state index contributed by atoms with van der Waals surface area (Å²) in [5, 5.41) is 17.6. The zero-order valence-electron chi connectivity index (χ0n) is 7.92. The fraction of sp³-hybridized carbons (Fsp3) is 0. The van der Waals surface area contributed by atoms with Crippen LogP contribution >= 0.6 is 15.9 Å². The number of carboxylic acids is 2. The second kappa shape index (κ2) is 4.43. The van der Waals surface area contributed by atoms with Gasteiger partial charge in [0.25, 0.3) is 10.1 Å². The Kier molecular flexibility index (Phi) is 3.55. The quantitative estimate of drug-likeness (QED) is 0.709. The molecule has 0 heterocycles. The molecule has 0 aliphatic rings. The van der Waals surface area contributed by atoms with Crippen LogP contribution in [0.2, 0.25) is 0 Å². The van der Waals surface area contributed by atoms with Gasteiger partial charge in [0.2, 0.25) is 0 Å². The molecular formula is C8H5BrO7S. The highest BCUT2D eigenvalue weighted by atomic mass is 79.9. The molecule has 0 saturated heterocycles. The lowest BCUT2D eigenvalue weighted by Crippen LogP contribution is -2.12. The minimum Gasteiger partial charge on any atom is -0.478 e. The van der Waals surface area contributed by atoms with Crippen molar-refractivity contribution < 1.29 is 32.8 Å². The van der Waals surface area contributed by atoms with Crippen molar-refractivity contribution in [3.63, 3.8) is 0 Å². The van der Waals surface area contributed by atoms with Gasteiger partial charge in [-0.1, -0.05) is 0 Å². The van der Waals surface area contributed by atoms with Crippen LogP contribution in [0.25, 0.3) is 0 Å². The molecule has 0 saturated carbocycles. The van der Waals surface area contributed by atoms with Crippen LogP contribution in [-0.2, 0) is 10.1 Å². The Balaban J connectivity index is 3.73. The summed E-state index contributed by atoms with van der Waals surface area (Å²) in [6.07, 6.45) is 0. The first-order valence-corrected chi connectivity index (χ1v) is 6.16. The van der Waals surface area contributed by atoms with Crippen LogP contribution in [0.3, 0.4) is 0 Å². The zero-order chi connectivity index (χ0) is 13.4. The van der Waals surface area contributed by atoms with Crippen LogP contribution in [0, 0.1) is 0 Å². The maximum atomic E-state index is 10.9. The number of rotatable bonds is 3. The number of carbonyl (C=O) groups is 2. The Morgan fingerprint density at radius 1 is 1.12 bits per heavy atom. The average molecular weight is 325 g/mol. The van der Waals surface area contributed by atoms with Crippen molar-refractivity contribution in [2.45, 2.75) is 4.90 Å². The van der Waals surface area contributed by atoms with Crippen molar-refractivity contribution in [3.8, 4) is 0 Å². The maximum Gasteiger partial charge on any atom is 0.337 e. The molecule has 0 atom stereocenters. The number of halogens is 1. The van der Waals surface area contributed by atoms with E-state index in [9.17, 15) is 18.0 Å². The van der Waals surface area contributed by atoms with E-state index in [1.165, 1.54) is 0 Å². The van der Waals surface area contributed by atoms with Gasteiger partial charge in [0.05, 0.1) is 15.6 Å². The summed E-state index contributed by atoms with van der Waals surface area (Å²) in [7, 11) is -4.64. The summed E-state index contributed by atoms with van der Waals surface area (Å²) in [4.78, 5) is 20.9. The number of benzene rings is 1. The van der Waals surface area contributed by atoms with Crippen LogP contribution in [-0.4, -0.2) is 35.1 Å². The minimum absolute atomic E-state index is 0.507. The van der Waals surface area contributed by atoms with Crippen LogP contribution in [0.4, 0.5) is 0 Å². The van der Waals surface area contributed by atoms with Gasteiger partial charge in [-0.25, -0.2) is 9.59 Å². The summed E-state index contributed by atoms with van der Waals surface area (Å²) in [6, 6.07) is 1.59. The molecule has 0 radical (unpaired) electrons. The predicted octanol–water partition coefficient (Wildman–Crippen LogP) is 1.09. The largest absolute Gasteiger partial charge is 0.478 e. The average Bonchev–Trinajstić information content (AvgIpc) is 2.13. The first-order chi connectivity index (χ1) is 7.66. The van der Waals surface area contributed by atoms with Crippen LogP contribution in [0.15, 0.2) is 21.5 Å². The van der Waals surface area contributed by atoms with Gasteiger partial charge >= 0.3 is 11.9 Å². The summed E-state index contributed by atoms with van der Waals surface area (Å²) >= 11 is 2.65. The van der Waals surface area contributed by atoms with Gasteiger partial charge in [-0.15, -0.1) is 0 Å². The number of carboxylic acid groups (broad SMARTS) is 2. The predicted molar refractivity (Wildman–Crippen MR) is 57.9 cm³/mol. The van der Waals surface area contributed by atoms with E-state index in [1.807, 2.05) is 0 Å². The fourth-order valence-electron chi connectivity index (χ4n) is 1.14. The van der Waals surface area contributed by atoms with Gasteiger partial charge < -0.3 is 10.2 Å². The third-order valence-electron chi connectivity index (χ3n) is 1.83. The molecule has 0 amide bonds. The monoisotopic (exact) mass is 324 g/mol. The first kappa shape index (κ1) is 13.6. The van der Waals surface area contributed by atoms with Gasteiger partial charge in [0.15, 0.2) is 0 Å². The Morgan fingerprint density at radius 3 is 2.00 bits per heavy atom. The topological polar surface area (TPSA) is 129 Å². The number of hydrogen-bond donors (Lipinski definition) is 3. The minimum atomic E-state index is -4.64. The second-order valence-corrected chi connectivity index (χ2v) is 5.07. The molecular weight excluding hydrogens is 320 g/mol. The van der Waals surface area contributed by atoms with Gasteiger partial charge in [-0.05, 0) is 28.1 Å². The van der Waals surface area contributed by atoms with Crippen molar-refractivity contribution >= 4 is 38.0 Å². The van der Waals surface area contributed by atoms with Gasteiger partial charge in [0, 0.05) is 0 Å². The first-order valence-electron chi connectivity index (χ1n) is 3.93. The van der Waals surface area contributed by atoms with E-state index < -0.39 is 42.6 Å². The molecule has 0 fully saturated rings. The molecule has 0 bridgehead atoms. The molecule has 92 valence electrons. The third-order valence-corrected chi connectivity index (χ3v) is 3.81. The summed E-state index contributed by atoms with van der Waals surface area (Å²) in [5.41, 5.74) is -1.33. The van der Waals surface area contributed by atoms with Crippen LogP contribution < -0.4 is 0 Å². The lowest BCUT2D eigenvalue weighted by atomic mass is 10.1. The molecule has 9 heteroatoms. The Morgan fingerprint density at radius 2 is 1.65 bits per heavy atom. The number of aromatic carboxylic acids is 2. The molecule has 0 aromatic heterocycles. The standard InChI is InChI=1S/C8H5BrO7S/c9-6-4(17(14,15)16)2-1-3(7(10)11)5(6)8(12)13/h1-2H,(H,10,11)(H,12,13)(H,14,15,16). The van der Waals surface area contributed by atoms with E-state index in [0.29, 0.717) is 0 Å². The highest BCUT2D eigenvalue weighted by Crippen LogP contribution is 2.28. The van der Waals surface area contributed by atoms with E-state index in [4.69, 9.17) is 14.8 Å². The third kappa shape index (κ3) is 2.62. The Hall–Kier alpha value is -1.45. The molecule has 1 aromatic rings. The molecule has 0 spiro atoms. The van der Waals surface area contributed by atoms with Crippen LogP contribution in [0.1, 0.15) is 20.7 Å². The van der Waals surface area contributed by atoms with Crippen molar-refractivity contribution in [1.82, 2.24) is 0 Å². The van der Waals surface area contributed by atoms with Crippen molar-refractivity contribution in [3.05, 3.63) is 27.7 Å². The summed E-state index contributed by atoms with van der Waals surface area (Å²) in [6.45, 7) is 0. The van der Waals surface area contributed by atoms with E-state index in [-0.39, 0.29) is 0 Å². The normalized spacial score (nSPS) is 11.2. The summed E-state index contributed by atoms with van der Waals surface area (Å²) < 4.78 is 30.1. The van der Waals surface area contributed by atoms with E-state index in [1.54, 1.807) is 0 Å². The van der Waals surface area contributed by atoms with Crippen LogP contribution in [0.5, 0.6) is 0 Å².